The average Bonchev–Trinajstić information content (AvgIpc) is 2.80. The van der Waals surface area contributed by atoms with E-state index >= 15 is 0 Å². The molecular weight excluding hydrogens is 404 g/mol. The van der Waals surface area contributed by atoms with E-state index in [1.165, 1.54) is 11.1 Å². The van der Waals surface area contributed by atoms with E-state index in [2.05, 4.69) is 67.6 Å². The van der Waals surface area contributed by atoms with Crippen molar-refractivity contribution in [3.05, 3.63) is 53.1 Å². The van der Waals surface area contributed by atoms with Crippen molar-refractivity contribution in [3.8, 4) is 17.2 Å². The molecule has 0 bridgehead atoms. The Balaban J connectivity index is 2.15. The van der Waals surface area contributed by atoms with Crippen LogP contribution >= 0.6 is 0 Å². The highest BCUT2D eigenvalue weighted by molar-refractivity contribution is 5.79. The van der Waals surface area contributed by atoms with Gasteiger partial charge in [-0.1, -0.05) is 24.3 Å². The molecule has 0 saturated heterocycles. The van der Waals surface area contributed by atoms with E-state index < -0.39 is 0 Å². The van der Waals surface area contributed by atoms with Crippen LogP contribution in [0, 0.1) is 0 Å². The molecule has 32 heavy (non-hydrogen) atoms. The summed E-state index contributed by atoms with van der Waals surface area (Å²) in [7, 11) is 6.98. The van der Waals surface area contributed by atoms with Crippen molar-refractivity contribution < 1.29 is 14.2 Å². The van der Waals surface area contributed by atoms with Gasteiger partial charge in [-0.05, 0) is 56.6 Å². The molecule has 0 amide bonds. The highest BCUT2D eigenvalue weighted by atomic mass is 16.5. The number of nitrogens with zero attached hydrogens (tertiary/aromatic N) is 2. The molecule has 0 aliphatic rings. The van der Waals surface area contributed by atoms with Gasteiger partial charge < -0.3 is 24.8 Å². The van der Waals surface area contributed by atoms with Crippen LogP contribution in [0.15, 0.2) is 41.4 Å². The van der Waals surface area contributed by atoms with Crippen molar-refractivity contribution in [1.29, 1.82) is 0 Å². The Labute approximate surface area is 192 Å². The van der Waals surface area contributed by atoms with Crippen molar-refractivity contribution in [2.24, 2.45) is 4.99 Å². The monoisotopic (exact) mass is 442 g/mol. The molecule has 2 aromatic rings. The largest absolute Gasteiger partial charge is 0.493 e. The van der Waals surface area contributed by atoms with Gasteiger partial charge in [0.05, 0.1) is 27.9 Å². The number of hydrogen-bond donors (Lipinski definition) is 2. The van der Waals surface area contributed by atoms with Crippen molar-refractivity contribution >= 4 is 5.96 Å². The molecule has 7 nitrogen and oxygen atoms in total. The minimum Gasteiger partial charge on any atom is -0.493 e. The zero-order valence-corrected chi connectivity index (χ0v) is 20.5. The van der Waals surface area contributed by atoms with Crippen molar-refractivity contribution in [3.63, 3.8) is 0 Å². The van der Waals surface area contributed by atoms with Gasteiger partial charge in [-0.25, -0.2) is 4.99 Å². The van der Waals surface area contributed by atoms with Crippen LogP contribution in [0.5, 0.6) is 17.2 Å². The van der Waals surface area contributed by atoms with Crippen molar-refractivity contribution in [2.45, 2.75) is 46.4 Å². The third-order valence-corrected chi connectivity index (χ3v) is 5.35. The molecule has 2 rings (SSSR count). The van der Waals surface area contributed by atoms with Gasteiger partial charge in [-0.2, -0.15) is 0 Å². The van der Waals surface area contributed by atoms with Crippen LogP contribution in [0.1, 0.15) is 37.5 Å². The van der Waals surface area contributed by atoms with Gasteiger partial charge in [0.25, 0.3) is 0 Å². The van der Waals surface area contributed by atoms with E-state index in [4.69, 9.17) is 19.2 Å². The smallest absolute Gasteiger partial charge is 0.203 e. The number of aliphatic imine (C=N–C) groups is 1. The van der Waals surface area contributed by atoms with Gasteiger partial charge in [0.1, 0.15) is 0 Å². The molecular formula is C25H38N4O3. The maximum Gasteiger partial charge on any atom is 0.203 e. The third kappa shape index (κ3) is 7.05. The molecule has 0 saturated carbocycles. The first-order valence-electron chi connectivity index (χ1n) is 11.0. The number of ether oxygens (including phenoxy) is 3. The van der Waals surface area contributed by atoms with E-state index in [0.717, 1.165) is 24.6 Å². The van der Waals surface area contributed by atoms with Gasteiger partial charge in [0.2, 0.25) is 5.75 Å². The van der Waals surface area contributed by atoms with Crippen LogP contribution in [0.2, 0.25) is 0 Å². The highest BCUT2D eigenvalue weighted by Crippen LogP contribution is 2.38. The molecule has 7 heteroatoms. The summed E-state index contributed by atoms with van der Waals surface area (Å²) in [6, 6.07) is 12.9. The molecule has 0 atom stereocenters. The summed E-state index contributed by atoms with van der Waals surface area (Å²) in [5, 5.41) is 6.79. The average molecular weight is 443 g/mol. The molecule has 0 aromatic heterocycles. The van der Waals surface area contributed by atoms with Gasteiger partial charge in [0, 0.05) is 25.7 Å². The van der Waals surface area contributed by atoms with Gasteiger partial charge in [0.15, 0.2) is 17.5 Å². The summed E-state index contributed by atoms with van der Waals surface area (Å²) in [6.45, 7) is 9.34. The lowest BCUT2D eigenvalue weighted by molar-refractivity contribution is 0.265. The number of benzene rings is 2. The zero-order chi connectivity index (χ0) is 23.5. The fourth-order valence-electron chi connectivity index (χ4n) is 3.25. The summed E-state index contributed by atoms with van der Waals surface area (Å²) in [5.74, 6) is 2.58. The molecule has 0 aliphatic heterocycles. The SMILES string of the molecule is CCNC(=NCc1cc(OC)c(OC)c(OC)c1)NCc1ccccc1CN(C)C(C)C. The maximum absolute atomic E-state index is 5.45. The Hall–Kier alpha value is -2.93. The van der Waals surface area contributed by atoms with Gasteiger partial charge in [-0.3, -0.25) is 4.90 Å². The maximum atomic E-state index is 5.45. The van der Waals surface area contributed by atoms with Crippen LogP contribution in [0.3, 0.4) is 0 Å². The van der Waals surface area contributed by atoms with E-state index in [9.17, 15) is 0 Å². The predicted octanol–water partition coefficient (Wildman–Crippen LogP) is 3.81. The summed E-state index contributed by atoms with van der Waals surface area (Å²) in [6.07, 6.45) is 0. The van der Waals surface area contributed by atoms with Crippen LogP contribution < -0.4 is 24.8 Å². The lowest BCUT2D eigenvalue weighted by Crippen LogP contribution is -2.37. The topological polar surface area (TPSA) is 67.4 Å². The molecule has 0 fully saturated rings. The predicted molar refractivity (Wildman–Crippen MR) is 131 cm³/mol. The summed E-state index contributed by atoms with van der Waals surface area (Å²) in [5.41, 5.74) is 3.55. The Morgan fingerprint density at radius 3 is 2.12 bits per heavy atom. The standard InChI is InChI=1S/C25H38N4O3/c1-8-26-25(27-15-19-13-22(30-5)24(32-7)23(14-19)31-6)28-16-20-11-9-10-12-21(20)17-29(4)18(2)3/h9-14,18H,8,15-17H2,1-7H3,(H2,26,27,28). The molecule has 2 aromatic carbocycles. The first-order chi connectivity index (χ1) is 15.4. The number of guanidine groups is 1. The molecule has 0 radical (unpaired) electrons. The summed E-state index contributed by atoms with van der Waals surface area (Å²) < 4.78 is 16.3. The Kier molecular flexibility index (Phi) is 10.1. The van der Waals surface area contributed by atoms with Gasteiger partial charge in [-0.15, -0.1) is 0 Å². The fraction of sp³-hybridized carbons (Fsp3) is 0.480. The van der Waals surface area contributed by atoms with E-state index in [-0.39, 0.29) is 0 Å². The minimum atomic E-state index is 0.476. The first kappa shape index (κ1) is 25.3. The fourth-order valence-corrected chi connectivity index (χ4v) is 3.25. The summed E-state index contributed by atoms with van der Waals surface area (Å²) in [4.78, 5) is 7.09. The number of methoxy groups -OCH3 is 3. The van der Waals surface area contributed by atoms with Crippen molar-refractivity contribution in [2.75, 3.05) is 34.9 Å². The second kappa shape index (κ2) is 12.8. The van der Waals surface area contributed by atoms with Crippen LogP contribution in [0.25, 0.3) is 0 Å². The number of rotatable bonds is 11. The lowest BCUT2D eigenvalue weighted by Gasteiger charge is -2.23. The summed E-state index contributed by atoms with van der Waals surface area (Å²) >= 11 is 0. The van der Waals surface area contributed by atoms with Gasteiger partial charge >= 0.3 is 0 Å². The van der Waals surface area contributed by atoms with Crippen LogP contribution in [0.4, 0.5) is 0 Å². The molecule has 0 spiro atoms. The molecule has 2 N–H and O–H groups in total. The number of nitrogens with one attached hydrogen (secondary N) is 2. The first-order valence-corrected chi connectivity index (χ1v) is 11.0. The third-order valence-electron chi connectivity index (χ3n) is 5.35. The van der Waals surface area contributed by atoms with Crippen LogP contribution in [-0.2, 0) is 19.6 Å². The lowest BCUT2D eigenvalue weighted by atomic mass is 10.1. The quantitative estimate of drug-likeness (QED) is 0.408. The Morgan fingerprint density at radius 1 is 0.969 bits per heavy atom. The van der Waals surface area contributed by atoms with Crippen LogP contribution in [-0.4, -0.2) is 51.8 Å². The Morgan fingerprint density at radius 2 is 1.59 bits per heavy atom. The van der Waals surface area contributed by atoms with E-state index in [1.807, 2.05) is 12.1 Å². The molecule has 0 unspecified atom stereocenters. The van der Waals surface area contributed by atoms with Crippen molar-refractivity contribution in [1.82, 2.24) is 15.5 Å². The zero-order valence-electron chi connectivity index (χ0n) is 20.5. The normalized spacial score (nSPS) is 11.6. The highest BCUT2D eigenvalue weighted by Gasteiger charge is 2.13. The van der Waals surface area contributed by atoms with E-state index in [0.29, 0.717) is 36.4 Å². The Bertz CT molecular complexity index is 858. The second-order valence-electron chi connectivity index (χ2n) is 7.86. The minimum absolute atomic E-state index is 0.476. The second-order valence-corrected chi connectivity index (χ2v) is 7.86. The van der Waals surface area contributed by atoms with E-state index in [1.54, 1.807) is 21.3 Å². The number of hydrogen-bond acceptors (Lipinski definition) is 5. The molecule has 0 aliphatic carbocycles. The molecule has 176 valence electrons. The molecule has 0 heterocycles.